The van der Waals surface area contributed by atoms with E-state index in [0.717, 1.165) is 11.1 Å². The molecule has 36 heavy (non-hydrogen) atoms. The van der Waals surface area contributed by atoms with Crippen LogP contribution in [0, 0.1) is 0 Å². The number of carbonyl (C=O) groups excluding carboxylic acids is 2. The van der Waals surface area contributed by atoms with Gasteiger partial charge in [0.25, 0.3) is 5.91 Å². The summed E-state index contributed by atoms with van der Waals surface area (Å²) in [6, 6.07) is 22.0. The highest BCUT2D eigenvalue weighted by atomic mass is 35.5. The Bertz CT molecular complexity index is 1220. The molecule has 3 aromatic carbocycles. The number of esters is 1. The molecule has 5 nitrogen and oxygen atoms in total. The van der Waals surface area contributed by atoms with E-state index >= 15 is 0 Å². The molecule has 1 aliphatic heterocycles. The molecule has 0 saturated carbocycles. The molecular formula is C29H27Cl2NO4. The first-order valence-corrected chi connectivity index (χ1v) is 12.5. The normalized spacial score (nSPS) is 20.6. The highest BCUT2D eigenvalue weighted by Crippen LogP contribution is 2.47. The van der Waals surface area contributed by atoms with Crippen LogP contribution in [0.5, 0.6) is 0 Å². The molecule has 0 aliphatic carbocycles. The quantitative estimate of drug-likeness (QED) is 0.238. The molecule has 1 heterocycles. The Labute approximate surface area is 221 Å². The summed E-state index contributed by atoms with van der Waals surface area (Å²) < 4.78 is 11.9. The van der Waals surface area contributed by atoms with E-state index in [0.29, 0.717) is 15.6 Å². The zero-order valence-corrected chi connectivity index (χ0v) is 21.4. The zero-order valence-electron chi connectivity index (χ0n) is 19.8. The Kier molecular flexibility index (Phi) is 8.47. The number of benzene rings is 3. The van der Waals surface area contributed by atoms with Crippen LogP contribution in [-0.2, 0) is 19.1 Å². The van der Waals surface area contributed by atoms with Gasteiger partial charge in [0, 0.05) is 16.5 Å². The average molecular weight is 524 g/mol. The molecule has 0 spiro atoms. The van der Waals surface area contributed by atoms with Crippen molar-refractivity contribution >= 4 is 35.1 Å². The second kappa shape index (κ2) is 11.7. The molecule has 1 saturated heterocycles. The predicted octanol–water partition coefficient (Wildman–Crippen LogP) is 6.88. The number of amides is 1. The summed E-state index contributed by atoms with van der Waals surface area (Å²) in [5.74, 6) is -0.838. The van der Waals surface area contributed by atoms with Gasteiger partial charge in [0.1, 0.15) is 12.2 Å². The van der Waals surface area contributed by atoms with E-state index in [1.807, 2.05) is 60.7 Å². The Hall–Kier alpha value is -3.12. The van der Waals surface area contributed by atoms with Crippen LogP contribution in [0.1, 0.15) is 48.2 Å². The molecule has 4 rings (SSSR count). The number of hydrogen-bond donors (Lipinski definition) is 0. The molecule has 0 radical (unpaired) electrons. The number of rotatable bonds is 8. The summed E-state index contributed by atoms with van der Waals surface area (Å²) in [7, 11) is 0. The summed E-state index contributed by atoms with van der Waals surface area (Å²) in [6.45, 7) is 5.73. The Morgan fingerprint density at radius 3 is 2.39 bits per heavy atom. The second-order valence-electron chi connectivity index (χ2n) is 8.43. The molecule has 0 aromatic heterocycles. The van der Waals surface area contributed by atoms with Crippen LogP contribution >= 0.6 is 23.2 Å². The fraction of sp³-hybridized carbons (Fsp3) is 0.241. The third-order valence-corrected chi connectivity index (χ3v) is 6.59. The van der Waals surface area contributed by atoms with E-state index in [1.54, 1.807) is 36.1 Å². The second-order valence-corrected chi connectivity index (χ2v) is 9.30. The van der Waals surface area contributed by atoms with Gasteiger partial charge < -0.3 is 14.4 Å². The summed E-state index contributed by atoms with van der Waals surface area (Å²) in [4.78, 5) is 29.1. The van der Waals surface area contributed by atoms with Gasteiger partial charge in [-0.05, 0) is 47.9 Å². The van der Waals surface area contributed by atoms with Gasteiger partial charge in [-0.1, -0.05) is 83.9 Å². The smallest absolute Gasteiger partial charge is 0.333 e. The maximum absolute atomic E-state index is 14.0. The van der Waals surface area contributed by atoms with Crippen molar-refractivity contribution in [3.05, 3.63) is 118 Å². The minimum absolute atomic E-state index is 0.181. The molecule has 1 fully saturated rings. The lowest BCUT2D eigenvalue weighted by atomic mass is 9.88. The number of hydrogen-bond acceptors (Lipinski definition) is 4. The van der Waals surface area contributed by atoms with Crippen molar-refractivity contribution < 1.29 is 19.1 Å². The first-order chi connectivity index (χ1) is 17.4. The van der Waals surface area contributed by atoms with Crippen LogP contribution in [0.15, 0.2) is 91.5 Å². The van der Waals surface area contributed by atoms with Crippen molar-refractivity contribution in [3.63, 3.8) is 0 Å². The lowest BCUT2D eigenvalue weighted by molar-refractivity contribution is -0.186. The highest BCUT2D eigenvalue weighted by Gasteiger charge is 2.49. The molecule has 7 heteroatoms. The SMILES string of the molecule is C=CCC1OC(c2cccc(Cl)c2)C(c2ccc(Cl)cc2)N(C(C(=O)OCC)c2ccccc2)C1=O. The molecule has 0 N–H and O–H groups in total. The average Bonchev–Trinajstić information content (AvgIpc) is 2.88. The standard InChI is InChI=1S/C29H27Cl2NO4/c1-3-9-24-28(33)32(26(29(34)35-4-2)19-10-6-5-7-11-19)25(20-14-16-22(30)17-15-20)27(36-24)21-12-8-13-23(31)18-21/h3,5-8,10-18,24-27H,1,4,9H2,2H3. The van der Waals surface area contributed by atoms with Crippen molar-refractivity contribution in [2.45, 2.75) is 37.6 Å². The van der Waals surface area contributed by atoms with E-state index in [4.69, 9.17) is 32.7 Å². The maximum Gasteiger partial charge on any atom is 0.333 e. The predicted molar refractivity (Wildman–Crippen MR) is 141 cm³/mol. The molecule has 1 amide bonds. The fourth-order valence-corrected chi connectivity index (χ4v) is 4.89. The van der Waals surface area contributed by atoms with Gasteiger partial charge in [-0.25, -0.2) is 4.79 Å². The Balaban J connectivity index is 1.95. The van der Waals surface area contributed by atoms with Crippen molar-refractivity contribution in [2.24, 2.45) is 0 Å². The zero-order chi connectivity index (χ0) is 25.7. The minimum Gasteiger partial charge on any atom is -0.464 e. The van der Waals surface area contributed by atoms with Gasteiger partial charge in [0.2, 0.25) is 0 Å². The van der Waals surface area contributed by atoms with Crippen LogP contribution in [0.25, 0.3) is 0 Å². The van der Waals surface area contributed by atoms with Gasteiger partial charge in [-0.3, -0.25) is 4.79 Å². The lowest BCUT2D eigenvalue weighted by Crippen LogP contribution is -2.53. The van der Waals surface area contributed by atoms with Crippen molar-refractivity contribution in [3.8, 4) is 0 Å². The molecule has 1 aliphatic rings. The monoisotopic (exact) mass is 523 g/mol. The van der Waals surface area contributed by atoms with Gasteiger partial charge >= 0.3 is 5.97 Å². The Morgan fingerprint density at radius 1 is 1.03 bits per heavy atom. The molecule has 4 atom stereocenters. The van der Waals surface area contributed by atoms with Gasteiger partial charge in [0.05, 0.1) is 12.6 Å². The summed E-state index contributed by atoms with van der Waals surface area (Å²) in [6.07, 6.45) is 0.466. The lowest BCUT2D eigenvalue weighted by Gasteiger charge is -2.47. The molecule has 0 bridgehead atoms. The first-order valence-electron chi connectivity index (χ1n) is 11.8. The number of halogens is 2. The summed E-state index contributed by atoms with van der Waals surface area (Å²) in [5.41, 5.74) is 2.19. The topological polar surface area (TPSA) is 55.8 Å². The van der Waals surface area contributed by atoms with Gasteiger partial charge in [0.15, 0.2) is 6.04 Å². The molecule has 3 aromatic rings. The van der Waals surface area contributed by atoms with Gasteiger partial charge in [-0.2, -0.15) is 0 Å². The van der Waals surface area contributed by atoms with Crippen molar-refractivity contribution in [2.75, 3.05) is 6.61 Å². The molecule has 4 unspecified atom stereocenters. The van der Waals surface area contributed by atoms with E-state index < -0.39 is 30.3 Å². The van der Waals surface area contributed by atoms with Crippen molar-refractivity contribution in [1.29, 1.82) is 0 Å². The first kappa shape index (κ1) is 26.0. The Morgan fingerprint density at radius 2 is 1.75 bits per heavy atom. The summed E-state index contributed by atoms with van der Waals surface area (Å²) in [5, 5.41) is 1.10. The number of morpholine rings is 1. The van der Waals surface area contributed by atoms with Crippen LogP contribution in [0.4, 0.5) is 0 Å². The third kappa shape index (κ3) is 5.49. The number of ether oxygens (including phenoxy) is 2. The van der Waals surface area contributed by atoms with E-state index in [9.17, 15) is 9.59 Å². The summed E-state index contributed by atoms with van der Waals surface area (Å²) >= 11 is 12.5. The van der Waals surface area contributed by atoms with E-state index in [1.165, 1.54) is 0 Å². The number of carbonyl (C=O) groups is 2. The maximum atomic E-state index is 14.0. The molecular weight excluding hydrogens is 497 g/mol. The fourth-order valence-electron chi connectivity index (χ4n) is 4.56. The van der Waals surface area contributed by atoms with Crippen LogP contribution in [0.3, 0.4) is 0 Å². The third-order valence-electron chi connectivity index (χ3n) is 6.10. The largest absolute Gasteiger partial charge is 0.464 e. The van der Waals surface area contributed by atoms with E-state index in [-0.39, 0.29) is 18.9 Å². The minimum atomic E-state index is -0.989. The van der Waals surface area contributed by atoms with Crippen LogP contribution < -0.4 is 0 Å². The highest BCUT2D eigenvalue weighted by molar-refractivity contribution is 6.30. The van der Waals surface area contributed by atoms with E-state index in [2.05, 4.69) is 6.58 Å². The van der Waals surface area contributed by atoms with Crippen LogP contribution in [-0.4, -0.2) is 29.5 Å². The van der Waals surface area contributed by atoms with Crippen molar-refractivity contribution in [1.82, 2.24) is 4.90 Å². The molecule has 186 valence electrons. The van der Waals surface area contributed by atoms with Crippen LogP contribution in [0.2, 0.25) is 10.0 Å². The van der Waals surface area contributed by atoms with Gasteiger partial charge in [-0.15, -0.1) is 6.58 Å². The number of nitrogens with zero attached hydrogens (tertiary/aromatic N) is 1.